The van der Waals surface area contributed by atoms with Crippen LogP contribution in [0.5, 0.6) is 0 Å². The lowest BCUT2D eigenvalue weighted by atomic mass is 9.88. The molecule has 4 aromatic carbocycles. The molecule has 0 radical (unpaired) electrons. The fraction of sp³-hybridized carbons (Fsp3) is 0.200. The maximum Gasteiger partial charge on any atom is 0.229 e. The molecule has 9 heteroatoms. The summed E-state index contributed by atoms with van der Waals surface area (Å²) in [4.78, 5) is 26.7. The minimum absolute atomic E-state index is 0.00845. The summed E-state index contributed by atoms with van der Waals surface area (Å²) in [6, 6.07) is 22.0. The molecular formula is C35H31F2NO5S. The Hall–Kier alpha value is -4.63. The lowest BCUT2D eigenvalue weighted by Crippen LogP contribution is -2.11. The van der Waals surface area contributed by atoms with Crippen LogP contribution in [0.25, 0.3) is 33.4 Å². The van der Waals surface area contributed by atoms with Crippen molar-refractivity contribution in [3.8, 4) is 22.5 Å². The molecule has 0 amide bonds. The van der Waals surface area contributed by atoms with Crippen molar-refractivity contribution < 1.29 is 31.2 Å². The van der Waals surface area contributed by atoms with E-state index in [0.717, 1.165) is 18.2 Å². The van der Waals surface area contributed by atoms with E-state index in [-0.39, 0.29) is 69.6 Å². The molecule has 0 fully saturated rings. The van der Waals surface area contributed by atoms with Crippen LogP contribution in [0.1, 0.15) is 65.3 Å². The first kappa shape index (κ1) is 30.8. The number of halogens is 2. The Balaban J connectivity index is 1.67. The van der Waals surface area contributed by atoms with Gasteiger partial charge in [0.2, 0.25) is 10.0 Å². The van der Waals surface area contributed by atoms with E-state index in [1.165, 1.54) is 54.6 Å². The molecule has 0 saturated carbocycles. The second-order valence-corrected chi connectivity index (χ2v) is 12.4. The first-order chi connectivity index (χ1) is 21.0. The van der Waals surface area contributed by atoms with E-state index in [2.05, 4.69) is 4.72 Å². The number of sulfonamides is 1. The summed E-state index contributed by atoms with van der Waals surface area (Å²) < 4.78 is 62.4. The van der Waals surface area contributed by atoms with Gasteiger partial charge in [0.15, 0.2) is 11.6 Å². The number of hydrogen-bond donors (Lipinski definition) is 1. The van der Waals surface area contributed by atoms with Crippen molar-refractivity contribution in [3.05, 3.63) is 113 Å². The lowest BCUT2D eigenvalue weighted by molar-refractivity contribution is 0.0969. The number of furan rings is 1. The van der Waals surface area contributed by atoms with Gasteiger partial charge in [-0.25, -0.2) is 17.2 Å². The normalized spacial score (nSPS) is 12.3. The third kappa shape index (κ3) is 6.48. The predicted molar refractivity (Wildman–Crippen MR) is 169 cm³/mol. The zero-order chi connectivity index (χ0) is 31.6. The molecule has 5 aromatic rings. The van der Waals surface area contributed by atoms with Crippen molar-refractivity contribution in [2.24, 2.45) is 0 Å². The summed E-state index contributed by atoms with van der Waals surface area (Å²) in [7, 11) is -3.84. The minimum atomic E-state index is -3.84. The fourth-order valence-corrected chi connectivity index (χ4v) is 5.95. The molecule has 0 spiro atoms. The van der Waals surface area contributed by atoms with Gasteiger partial charge in [-0.1, -0.05) is 44.2 Å². The molecule has 0 aliphatic carbocycles. The van der Waals surface area contributed by atoms with Crippen molar-refractivity contribution in [3.63, 3.8) is 0 Å². The van der Waals surface area contributed by atoms with Crippen LogP contribution in [0, 0.1) is 11.6 Å². The molecule has 226 valence electrons. The number of nitrogens with one attached hydrogen (secondary N) is 1. The van der Waals surface area contributed by atoms with Crippen LogP contribution in [-0.4, -0.2) is 26.2 Å². The molecule has 0 aliphatic rings. The van der Waals surface area contributed by atoms with Gasteiger partial charge in [0.25, 0.3) is 0 Å². The monoisotopic (exact) mass is 615 g/mol. The average molecular weight is 616 g/mol. The van der Waals surface area contributed by atoms with Gasteiger partial charge in [0.1, 0.15) is 23.0 Å². The van der Waals surface area contributed by atoms with E-state index in [1.54, 1.807) is 6.92 Å². The topological polar surface area (TPSA) is 93.4 Å². The van der Waals surface area contributed by atoms with E-state index in [1.807, 2.05) is 37.3 Å². The molecule has 0 saturated heterocycles. The molecule has 44 heavy (non-hydrogen) atoms. The first-order valence-electron chi connectivity index (χ1n) is 14.2. The molecule has 1 aromatic heterocycles. The van der Waals surface area contributed by atoms with Gasteiger partial charge in [-0.2, -0.15) is 0 Å². The molecule has 1 atom stereocenters. The summed E-state index contributed by atoms with van der Waals surface area (Å²) in [5.41, 5.74) is 2.25. The van der Waals surface area contributed by atoms with Crippen molar-refractivity contribution >= 4 is 38.2 Å². The maximum atomic E-state index is 15.5. The molecule has 1 unspecified atom stereocenters. The van der Waals surface area contributed by atoms with Gasteiger partial charge in [-0.15, -0.1) is 0 Å². The number of carbonyl (C=O) groups excluding carboxylic acids is 2. The zero-order valence-corrected chi connectivity index (χ0v) is 25.3. The lowest BCUT2D eigenvalue weighted by Gasteiger charge is -2.16. The van der Waals surface area contributed by atoms with Crippen LogP contribution >= 0.6 is 0 Å². The summed E-state index contributed by atoms with van der Waals surface area (Å²) in [5, 5.41) is 0.330. The summed E-state index contributed by atoms with van der Waals surface area (Å²) in [5.74, 6) is -1.45. The van der Waals surface area contributed by atoms with Crippen molar-refractivity contribution in [2.75, 3.05) is 11.0 Å². The second kappa shape index (κ2) is 12.5. The summed E-state index contributed by atoms with van der Waals surface area (Å²) in [6.07, 6.45) is 2.02. The van der Waals surface area contributed by atoms with Crippen LogP contribution in [0.15, 0.2) is 89.3 Å². The number of benzene rings is 4. The van der Waals surface area contributed by atoms with E-state index in [0.29, 0.717) is 10.9 Å². The van der Waals surface area contributed by atoms with Gasteiger partial charge in [-0.3, -0.25) is 14.3 Å². The Labute approximate surface area is 254 Å². The Kier molecular flexibility index (Phi) is 8.78. The van der Waals surface area contributed by atoms with Crippen LogP contribution in [0.4, 0.5) is 14.5 Å². The van der Waals surface area contributed by atoms with Crippen molar-refractivity contribution in [1.29, 1.82) is 0 Å². The number of Topliss-reactive ketones (excluding diaryl/α,β-unsaturated/α-hetero) is 2. The van der Waals surface area contributed by atoms with Crippen LogP contribution in [-0.2, 0) is 10.0 Å². The van der Waals surface area contributed by atoms with Crippen LogP contribution in [0.3, 0.4) is 0 Å². The number of anilines is 1. The molecular weight excluding hydrogens is 584 g/mol. The Morgan fingerprint density at radius 2 is 1.57 bits per heavy atom. The van der Waals surface area contributed by atoms with Crippen molar-refractivity contribution in [1.82, 2.24) is 0 Å². The maximum absolute atomic E-state index is 15.5. The molecule has 6 nitrogen and oxygen atoms in total. The van der Waals surface area contributed by atoms with Gasteiger partial charge >= 0.3 is 0 Å². The molecule has 0 aliphatic heterocycles. The Morgan fingerprint density at radius 1 is 0.864 bits per heavy atom. The zero-order valence-electron chi connectivity index (χ0n) is 24.5. The Bertz CT molecular complexity index is 1970. The largest absolute Gasteiger partial charge is 0.455 e. The number of ketones is 2. The highest BCUT2D eigenvalue weighted by Gasteiger charge is 2.25. The highest BCUT2D eigenvalue weighted by Crippen LogP contribution is 2.41. The highest BCUT2D eigenvalue weighted by atomic mass is 32.2. The molecule has 0 bridgehead atoms. The number of carbonyl (C=O) groups is 2. The predicted octanol–water partition coefficient (Wildman–Crippen LogP) is 8.78. The first-order valence-corrected chi connectivity index (χ1v) is 16.1. The van der Waals surface area contributed by atoms with Gasteiger partial charge in [0, 0.05) is 46.5 Å². The van der Waals surface area contributed by atoms with E-state index < -0.39 is 21.7 Å². The number of fused-ring (bicyclic) bond motifs is 1. The van der Waals surface area contributed by atoms with Crippen LogP contribution < -0.4 is 4.72 Å². The minimum Gasteiger partial charge on any atom is -0.455 e. The summed E-state index contributed by atoms with van der Waals surface area (Å²) >= 11 is 0. The smallest absolute Gasteiger partial charge is 0.229 e. The fourth-order valence-electron chi connectivity index (χ4n) is 5.38. The summed E-state index contributed by atoms with van der Waals surface area (Å²) in [6.45, 7) is 3.68. The van der Waals surface area contributed by atoms with Gasteiger partial charge < -0.3 is 4.42 Å². The van der Waals surface area contributed by atoms with Gasteiger partial charge in [0.05, 0.1) is 17.5 Å². The number of hydrogen-bond acceptors (Lipinski definition) is 5. The number of rotatable bonds is 11. The molecule has 1 heterocycles. The van der Waals surface area contributed by atoms with E-state index in [9.17, 15) is 22.4 Å². The third-order valence-corrected chi connectivity index (χ3v) is 8.19. The Morgan fingerprint density at radius 3 is 2.20 bits per heavy atom. The second-order valence-electron chi connectivity index (χ2n) is 10.7. The standard InChI is InChI=1S/C35H31F2NO5S/c1-4-21(22-9-7-6-8-10-22)18-32(40)24-13-16-29(37)26(17-24)27-19-28-33(20-30(27)38-44(3,41)42)43-35(34(28)31(39)5-2)23-11-14-25(36)15-12-23/h6-17,19-21,38H,4-5,18H2,1-3H3. The highest BCUT2D eigenvalue weighted by molar-refractivity contribution is 7.92. The average Bonchev–Trinajstić information content (AvgIpc) is 3.37. The molecule has 1 N–H and O–H groups in total. The van der Waals surface area contributed by atoms with Crippen LogP contribution in [0.2, 0.25) is 0 Å². The SMILES string of the molecule is CCC(=O)c1c(-c2ccc(F)cc2)oc2cc(NS(C)(=O)=O)c(-c3cc(C(=O)CC(CC)c4ccccc4)ccc3F)cc12. The molecule has 5 rings (SSSR count). The van der Waals surface area contributed by atoms with Gasteiger partial charge in [-0.05, 0) is 66.4 Å². The van der Waals surface area contributed by atoms with Crippen molar-refractivity contribution in [2.45, 2.75) is 39.0 Å². The quantitative estimate of drug-likeness (QED) is 0.150. The van der Waals surface area contributed by atoms with E-state index in [4.69, 9.17) is 4.42 Å². The van der Waals surface area contributed by atoms with E-state index >= 15 is 4.39 Å². The third-order valence-electron chi connectivity index (χ3n) is 7.60.